The Balaban J connectivity index is 1.87. The molecule has 3 rings (SSSR count). The Morgan fingerprint density at radius 2 is 1.82 bits per heavy atom. The van der Waals surface area contributed by atoms with E-state index in [2.05, 4.69) is 20.8 Å². The molecule has 28 heavy (non-hydrogen) atoms. The van der Waals surface area contributed by atoms with E-state index in [-0.39, 0.29) is 23.2 Å². The van der Waals surface area contributed by atoms with Gasteiger partial charge in [0.2, 0.25) is 0 Å². The lowest BCUT2D eigenvalue weighted by molar-refractivity contribution is -0.232. The van der Waals surface area contributed by atoms with E-state index in [9.17, 15) is 15.0 Å². The number of ether oxygens (including phenoxy) is 1. The zero-order valence-electron chi connectivity index (χ0n) is 17.5. The van der Waals surface area contributed by atoms with Crippen LogP contribution in [0.3, 0.4) is 0 Å². The molecule has 0 aromatic heterocycles. The summed E-state index contributed by atoms with van der Waals surface area (Å²) in [7, 11) is 0. The molecular weight excluding hydrogens is 352 g/mol. The first kappa shape index (κ1) is 21.1. The summed E-state index contributed by atoms with van der Waals surface area (Å²) in [5, 5.41) is 21.7. The van der Waals surface area contributed by atoms with Gasteiger partial charge in [-0.15, -0.1) is 0 Å². The van der Waals surface area contributed by atoms with E-state index < -0.39 is 17.8 Å². The minimum atomic E-state index is -1.27. The Labute approximate surface area is 168 Å². The second kappa shape index (κ2) is 8.00. The third-order valence-electron chi connectivity index (χ3n) is 7.16. The summed E-state index contributed by atoms with van der Waals surface area (Å²) in [4.78, 5) is 12.7. The molecule has 4 nitrogen and oxygen atoms in total. The lowest BCUT2D eigenvalue weighted by Gasteiger charge is -2.59. The van der Waals surface area contributed by atoms with E-state index in [4.69, 9.17) is 4.74 Å². The van der Waals surface area contributed by atoms with Gasteiger partial charge in [0.15, 0.2) is 0 Å². The van der Waals surface area contributed by atoms with Crippen molar-refractivity contribution in [2.45, 2.75) is 71.2 Å². The zero-order chi connectivity index (χ0) is 20.5. The summed E-state index contributed by atoms with van der Waals surface area (Å²) in [5.41, 5.74) is -0.468. The molecule has 2 aliphatic rings. The summed E-state index contributed by atoms with van der Waals surface area (Å²) in [5.74, 6) is -0.169. The lowest BCUT2D eigenvalue weighted by atomic mass is 9.50. The van der Waals surface area contributed by atoms with Crippen LogP contribution in [0.4, 0.5) is 0 Å². The fourth-order valence-electron chi connectivity index (χ4n) is 5.51. The van der Waals surface area contributed by atoms with Gasteiger partial charge in [0.25, 0.3) is 0 Å². The first-order valence-electron chi connectivity index (χ1n) is 10.5. The molecule has 0 amide bonds. The monoisotopic (exact) mass is 386 g/mol. The smallest absolute Gasteiger partial charge is 0.331 e. The molecular formula is C24H34O4. The first-order chi connectivity index (χ1) is 13.1. The van der Waals surface area contributed by atoms with Crippen molar-refractivity contribution in [1.82, 2.24) is 0 Å². The van der Waals surface area contributed by atoms with E-state index >= 15 is 0 Å². The SMILES string of the molecule is CC(C)C1CCC2(C)CCC(O)C(C)(O)C2C1OC(=O)/C=C/c1ccccc1. The van der Waals surface area contributed by atoms with Crippen molar-refractivity contribution in [2.24, 2.45) is 23.2 Å². The molecule has 0 saturated heterocycles. The summed E-state index contributed by atoms with van der Waals surface area (Å²) in [6.45, 7) is 8.17. The number of hydrogen-bond donors (Lipinski definition) is 2. The van der Waals surface area contributed by atoms with Gasteiger partial charge >= 0.3 is 5.97 Å². The van der Waals surface area contributed by atoms with Crippen LogP contribution in [0, 0.1) is 23.2 Å². The van der Waals surface area contributed by atoms with Crippen molar-refractivity contribution in [1.29, 1.82) is 0 Å². The fourth-order valence-corrected chi connectivity index (χ4v) is 5.51. The Morgan fingerprint density at radius 3 is 2.46 bits per heavy atom. The van der Waals surface area contributed by atoms with E-state index in [0.717, 1.165) is 24.8 Å². The van der Waals surface area contributed by atoms with Gasteiger partial charge in [0.05, 0.1) is 11.7 Å². The molecule has 1 aromatic rings. The summed E-state index contributed by atoms with van der Waals surface area (Å²) in [6, 6.07) is 9.64. The molecule has 2 aliphatic carbocycles. The molecule has 0 heterocycles. The van der Waals surface area contributed by atoms with Crippen LogP contribution < -0.4 is 0 Å². The van der Waals surface area contributed by atoms with Crippen molar-refractivity contribution in [3.8, 4) is 0 Å². The van der Waals surface area contributed by atoms with Crippen LogP contribution in [0.25, 0.3) is 6.08 Å². The zero-order valence-corrected chi connectivity index (χ0v) is 17.5. The van der Waals surface area contributed by atoms with Gasteiger partial charge in [0.1, 0.15) is 6.10 Å². The summed E-state index contributed by atoms with van der Waals surface area (Å²) in [6.07, 6.45) is 5.40. The van der Waals surface area contributed by atoms with Gasteiger partial charge < -0.3 is 14.9 Å². The maximum Gasteiger partial charge on any atom is 0.331 e. The fraction of sp³-hybridized carbons (Fsp3) is 0.625. The standard InChI is InChI=1S/C24H34O4/c1-16(2)18-12-14-23(3)15-13-19(25)24(4,27)22(23)21(18)28-20(26)11-10-17-8-6-5-7-9-17/h5-11,16,18-19,21-22,25,27H,12-15H2,1-4H3/b11-10+. The van der Waals surface area contributed by atoms with Crippen molar-refractivity contribution in [2.75, 3.05) is 0 Å². The Morgan fingerprint density at radius 1 is 1.18 bits per heavy atom. The van der Waals surface area contributed by atoms with Gasteiger partial charge in [-0.2, -0.15) is 0 Å². The molecule has 0 spiro atoms. The van der Waals surface area contributed by atoms with Gasteiger partial charge in [-0.3, -0.25) is 0 Å². The van der Waals surface area contributed by atoms with Crippen molar-refractivity contribution in [3.63, 3.8) is 0 Å². The van der Waals surface area contributed by atoms with Crippen molar-refractivity contribution >= 4 is 12.0 Å². The molecule has 1 aromatic carbocycles. The van der Waals surface area contributed by atoms with Crippen LogP contribution in [0.15, 0.2) is 36.4 Å². The predicted molar refractivity (Wildman–Crippen MR) is 110 cm³/mol. The van der Waals surface area contributed by atoms with E-state index in [1.807, 2.05) is 30.3 Å². The second-order valence-corrected chi connectivity index (χ2v) is 9.50. The van der Waals surface area contributed by atoms with Gasteiger partial charge in [0, 0.05) is 12.0 Å². The van der Waals surface area contributed by atoms with Gasteiger partial charge in [-0.25, -0.2) is 4.79 Å². The molecule has 0 aliphatic heterocycles. The molecule has 154 valence electrons. The normalized spacial score (nSPS) is 38.4. The van der Waals surface area contributed by atoms with Crippen LogP contribution in [0.2, 0.25) is 0 Å². The minimum absolute atomic E-state index is 0.137. The Kier molecular flexibility index (Phi) is 6.02. The lowest BCUT2D eigenvalue weighted by Crippen LogP contribution is -2.64. The summed E-state index contributed by atoms with van der Waals surface area (Å²) >= 11 is 0. The van der Waals surface area contributed by atoms with E-state index in [0.29, 0.717) is 12.3 Å². The highest BCUT2D eigenvalue weighted by atomic mass is 16.5. The third-order valence-corrected chi connectivity index (χ3v) is 7.16. The number of aliphatic hydroxyl groups excluding tert-OH is 1. The van der Waals surface area contributed by atoms with E-state index in [1.54, 1.807) is 13.0 Å². The number of esters is 1. The predicted octanol–water partition coefficient (Wildman–Crippen LogP) is 4.21. The van der Waals surface area contributed by atoms with Crippen LogP contribution in [0.1, 0.15) is 58.9 Å². The number of hydrogen-bond acceptors (Lipinski definition) is 4. The molecule has 2 saturated carbocycles. The van der Waals surface area contributed by atoms with Crippen LogP contribution in [-0.4, -0.2) is 34.0 Å². The van der Waals surface area contributed by atoms with Gasteiger partial charge in [-0.1, -0.05) is 51.1 Å². The largest absolute Gasteiger partial charge is 0.458 e. The highest BCUT2D eigenvalue weighted by Gasteiger charge is 2.60. The van der Waals surface area contributed by atoms with Gasteiger partial charge in [-0.05, 0) is 61.5 Å². The average molecular weight is 387 g/mol. The highest BCUT2D eigenvalue weighted by Crippen LogP contribution is 2.57. The maximum atomic E-state index is 12.7. The van der Waals surface area contributed by atoms with Crippen molar-refractivity contribution < 1.29 is 19.7 Å². The Hall–Kier alpha value is -1.65. The summed E-state index contributed by atoms with van der Waals surface area (Å²) < 4.78 is 6.01. The van der Waals surface area contributed by atoms with Crippen LogP contribution in [-0.2, 0) is 9.53 Å². The molecule has 6 atom stereocenters. The molecule has 4 heteroatoms. The first-order valence-corrected chi connectivity index (χ1v) is 10.5. The molecule has 2 fully saturated rings. The number of benzene rings is 1. The molecule has 6 unspecified atom stereocenters. The second-order valence-electron chi connectivity index (χ2n) is 9.50. The highest BCUT2D eigenvalue weighted by molar-refractivity contribution is 5.87. The van der Waals surface area contributed by atoms with Crippen molar-refractivity contribution in [3.05, 3.63) is 42.0 Å². The topological polar surface area (TPSA) is 66.8 Å². The Bertz CT molecular complexity index is 704. The average Bonchev–Trinajstić information content (AvgIpc) is 2.64. The number of carbonyl (C=O) groups excluding carboxylic acids is 1. The molecule has 0 radical (unpaired) electrons. The minimum Gasteiger partial charge on any atom is -0.458 e. The van der Waals surface area contributed by atoms with E-state index in [1.165, 1.54) is 6.08 Å². The molecule has 2 N–H and O–H groups in total. The number of fused-ring (bicyclic) bond motifs is 1. The number of carbonyl (C=O) groups is 1. The molecule has 0 bridgehead atoms. The number of aliphatic hydroxyl groups is 2. The van der Waals surface area contributed by atoms with Crippen LogP contribution >= 0.6 is 0 Å². The quantitative estimate of drug-likeness (QED) is 0.601. The van der Waals surface area contributed by atoms with Crippen LogP contribution in [0.5, 0.6) is 0 Å². The maximum absolute atomic E-state index is 12.7. The third kappa shape index (κ3) is 4.04. The number of rotatable bonds is 4.